The predicted octanol–water partition coefficient (Wildman–Crippen LogP) is 2.51. The van der Waals surface area contributed by atoms with E-state index in [1.54, 1.807) is 13.0 Å². The van der Waals surface area contributed by atoms with Crippen LogP contribution in [0.3, 0.4) is 0 Å². The van der Waals surface area contributed by atoms with E-state index in [1.165, 1.54) is 6.07 Å². The first-order valence-electron chi connectivity index (χ1n) is 4.53. The first-order valence-corrected chi connectivity index (χ1v) is 5.32. The molecule has 0 fully saturated rings. The SMILES string of the molecule is Cc1ccc(Br)c([C@@H](N)C(F)(F)CO)c1O.Cl. The Morgan fingerprint density at radius 3 is 2.47 bits per heavy atom. The molecule has 0 saturated heterocycles. The van der Waals surface area contributed by atoms with Gasteiger partial charge in [0.05, 0.1) is 0 Å². The quantitative estimate of drug-likeness (QED) is 0.797. The minimum absolute atomic E-state index is 0. The molecule has 0 aliphatic carbocycles. The van der Waals surface area contributed by atoms with E-state index in [1.807, 2.05) is 0 Å². The van der Waals surface area contributed by atoms with Crippen molar-refractivity contribution in [2.75, 3.05) is 6.61 Å². The topological polar surface area (TPSA) is 66.5 Å². The molecule has 0 aliphatic rings. The van der Waals surface area contributed by atoms with Gasteiger partial charge in [-0.15, -0.1) is 12.4 Å². The molecule has 0 spiro atoms. The Hall–Kier alpha value is -0.430. The molecule has 98 valence electrons. The van der Waals surface area contributed by atoms with Crippen LogP contribution in [0, 0.1) is 6.92 Å². The first kappa shape index (κ1) is 16.6. The molecular formula is C10H13BrClF2NO2. The van der Waals surface area contributed by atoms with Gasteiger partial charge in [0, 0.05) is 10.0 Å². The zero-order chi connectivity index (χ0) is 12.5. The van der Waals surface area contributed by atoms with Crippen molar-refractivity contribution in [3.63, 3.8) is 0 Å². The molecule has 0 aliphatic heterocycles. The van der Waals surface area contributed by atoms with Gasteiger partial charge in [0.15, 0.2) is 0 Å². The maximum absolute atomic E-state index is 13.2. The highest BCUT2D eigenvalue weighted by atomic mass is 79.9. The lowest BCUT2D eigenvalue weighted by molar-refractivity contribution is -0.0717. The van der Waals surface area contributed by atoms with Crippen molar-refractivity contribution in [1.29, 1.82) is 0 Å². The predicted molar refractivity (Wildman–Crippen MR) is 66.8 cm³/mol. The van der Waals surface area contributed by atoms with Crippen LogP contribution >= 0.6 is 28.3 Å². The first-order chi connectivity index (χ1) is 7.31. The summed E-state index contributed by atoms with van der Waals surface area (Å²) in [6.45, 7) is 0.211. The molecule has 1 atom stereocenters. The van der Waals surface area contributed by atoms with Crippen molar-refractivity contribution in [1.82, 2.24) is 0 Å². The van der Waals surface area contributed by atoms with Crippen LogP contribution in [0.15, 0.2) is 16.6 Å². The van der Waals surface area contributed by atoms with E-state index in [2.05, 4.69) is 15.9 Å². The molecule has 0 radical (unpaired) electrons. The van der Waals surface area contributed by atoms with E-state index in [4.69, 9.17) is 10.8 Å². The largest absolute Gasteiger partial charge is 0.507 e. The van der Waals surface area contributed by atoms with Gasteiger partial charge in [-0.05, 0) is 18.6 Å². The van der Waals surface area contributed by atoms with Gasteiger partial charge in [-0.3, -0.25) is 0 Å². The molecule has 0 heterocycles. The third kappa shape index (κ3) is 3.28. The summed E-state index contributed by atoms with van der Waals surface area (Å²) in [5.41, 5.74) is 5.70. The third-order valence-corrected chi connectivity index (χ3v) is 3.03. The molecule has 1 aromatic carbocycles. The van der Waals surface area contributed by atoms with Crippen molar-refractivity contribution in [2.45, 2.75) is 18.9 Å². The summed E-state index contributed by atoms with van der Waals surface area (Å²) in [5.74, 6) is -3.76. The lowest BCUT2D eigenvalue weighted by Crippen LogP contribution is -2.36. The average molecular weight is 333 g/mol. The molecule has 0 bridgehead atoms. The van der Waals surface area contributed by atoms with Gasteiger partial charge >= 0.3 is 0 Å². The highest BCUT2D eigenvalue weighted by Gasteiger charge is 2.39. The number of hydrogen-bond donors (Lipinski definition) is 3. The molecular weight excluding hydrogens is 319 g/mol. The lowest BCUT2D eigenvalue weighted by Gasteiger charge is -2.24. The summed E-state index contributed by atoms with van der Waals surface area (Å²) in [6.07, 6.45) is 0. The Bertz CT molecular complexity index is 404. The monoisotopic (exact) mass is 331 g/mol. The van der Waals surface area contributed by atoms with Crippen LogP contribution in [0.25, 0.3) is 0 Å². The van der Waals surface area contributed by atoms with Crippen LogP contribution in [-0.4, -0.2) is 22.7 Å². The molecule has 3 nitrogen and oxygen atoms in total. The smallest absolute Gasteiger partial charge is 0.289 e. The summed E-state index contributed by atoms with van der Waals surface area (Å²) in [5, 5.41) is 18.2. The van der Waals surface area contributed by atoms with Crippen molar-refractivity contribution >= 4 is 28.3 Å². The Morgan fingerprint density at radius 2 is 2.00 bits per heavy atom. The number of nitrogens with two attached hydrogens (primary N) is 1. The Kier molecular flexibility index (Phi) is 5.80. The summed E-state index contributed by atoms with van der Waals surface area (Å²) in [6, 6.07) is 1.34. The summed E-state index contributed by atoms with van der Waals surface area (Å²) >= 11 is 3.05. The maximum Gasteiger partial charge on any atom is 0.289 e. The van der Waals surface area contributed by atoms with Crippen molar-refractivity contribution in [2.24, 2.45) is 5.73 Å². The highest BCUT2D eigenvalue weighted by Crippen LogP contribution is 2.39. The molecule has 0 amide bonds. The molecule has 1 aromatic rings. The summed E-state index contributed by atoms with van der Waals surface area (Å²) in [4.78, 5) is 0. The second-order valence-electron chi connectivity index (χ2n) is 3.52. The van der Waals surface area contributed by atoms with Crippen LogP contribution in [-0.2, 0) is 0 Å². The summed E-state index contributed by atoms with van der Waals surface area (Å²) in [7, 11) is 0. The average Bonchev–Trinajstić information content (AvgIpc) is 2.24. The molecule has 17 heavy (non-hydrogen) atoms. The number of phenols is 1. The molecule has 0 unspecified atom stereocenters. The van der Waals surface area contributed by atoms with E-state index in [-0.39, 0.29) is 28.2 Å². The van der Waals surface area contributed by atoms with Gasteiger partial charge in [0.1, 0.15) is 18.4 Å². The van der Waals surface area contributed by atoms with Gasteiger partial charge in [0.25, 0.3) is 5.92 Å². The van der Waals surface area contributed by atoms with E-state index >= 15 is 0 Å². The van der Waals surface area contributed by atoms with Crippen LogP contribution < -0.4 is 5.73 Å². The van der Waals surface area contributed by atoms with Crippen molar-refractivity contribution in [3.8, 4) is 5.75 Å². The van der Waals surface area contributed by atoms with Gasteiger partial charge in [0.2, 0.25) is 0 Å². The van der Waals surface area contributed by atoms with Crippen LogP contribution in [0.5, 0.6) is 5.75 Å². The lowest BCUT2D eigenvalue weighted by atomic mass is 9.98. The molecule has 1 rings (SSSR count). The number of alkyl halides is 2. The molecule has 4 N–H and O–H groups in total. The number of aliphatic hydroxyl groups excluding tert-OH is 1. The zero-order valence-corrected chi connectivity index (χ0v) is 11.4. The van der Waals surface area contributed by atoms with E-state index in [9.17, 15) is 13.9 Å². The minimum atomic E-state index is -3.48. The third-order valence-electron chi connectivity index (χ3n) is 2.34. The Balaban J connectivity index is 0.00000256. The number of phenolic OH excluding ortho intramolecular Hbond substituents is 1. The van der Waals surface area contributed by atoms with Crippen LogP contribution in [0.2, 0.25) is 0 Å². The second-order valence-corrected chi connectivity index (χ2v) is 4.38. The van der Waals surface area contributed by atoms with Crippen LogP contribution in [0.4, 0.5) is 8.78 Å². The fourth-order valence-electron chi connectivity index (χ4n) is 1.30. The number of aliphatic hydroxyl groups is 1. The number of aryl methyl sites for hydroxylation is 1. The van der Waals surface area contributed by atoms with Crippen LogP contribution in [0.1, 0.15) is 17.2 Å². The van der Waals surface area contributed by atoms with Gasteiger partial charge in [-0.25, -0.2) is 8.78 Å². The van der Waals surface area contributed by atoms with Crippen molar-refractivity contribution in [3.05, 3.63) is 27.7 Å². The Labute approximate surface area is 112 Å². The van der Waals surface area contributed by atoms with E-state index in [0.29, 0.717) is 5.56 Å². The Morgan fingerprint density at radius 1 is 1.47 bits per heavy atom. The minimum Gasteiger partial charge on any atom is -0.507 e. The number of hydrogen-bond acceptors (Lipinski definition) is 3. The zero-order valence-electron chi connectivity index (χ0n) is 8.95. The van der Waals surface area contributed by atoms with E-state index < -0.39 is 18.6 Å². The van der Waals surface area contributed by atoms with E-state index in [0.717, 1.165) is 0 Å². The highest BCUT2D eigenvalue weighted by molar-refractivity contribution is 9.10. The number of aromatic hydroxyl groups is 1. The second kappa shape index (κ2) is 5.95. The fourth-order valence-corrected chi connectivity index (χ4v) is 1.86. The molecule has 7 heteroatoms. The fraction of sp³-hybridized carbons (Fsp3) is 0.400. The molecule has 0 aromatic heterocycles. The van der Waals surface area contributed by atoms with Gasteiger partial charge in [-0.2, -0.15) is 0 Å². The van der Waals surface area contributed by atoms with Gasteiger partial charge < -0.3 is 15.9 Å². The normalized spacial score (nSPS) is 13.1. The number of rotatable bonds is 3. The number of benzene rings is 1. The molecule has 0 saturated carbocycles. The van der Waals surface area contributed by atoms with Crippen molar-refractivity contribution < 1.29 is 19.0 Å². The van der Waals surface area contributed by atoms with Gasteiger partial charge in [-0.1, -0.05) is 22.0 Å². The number of halogens is 4. The standard InChI is InChI=1S/C10H12BrF2NO2.ClH/c1-5-2-3-6(11)7(8(5)16)9(14)10(12,13)4-15;/h2-3,9,15-16H,4,14H2,1H3;1H/t9-;/m1./s1. The maximum atomic E-state index is 13.2. The summed E-state index contributed by atoms with van der Waals surface area (Å²) < 4.78 is 26.7.